The van der Waals surface area contributed by atoms with Crippen molar-refractivity contribution < 1.29 is 14.8 Å². The largest absolute Gasteiger partial charge is 0.480 e. The molecule has 0 heterocycles. The smallest absolute Gasteiger partial charge is 0.322 e. The summed E-state index contributed by atoms with van der Waals surface area (Å²) in [5.74, 6) is -1.20. The molecular weight excluding hydrogens is 240 g/mol. The number of nitriles is 2. The van der Waals surface area contributed by atoms with Gasteiger partial charge in [-0.25, -0.2) is 0 Å². The van der Waals surface area contributed by atoms with E-state index in [0.717, 1.165) is 12.1 Å². The van der Waals surface area contributed by atoms with Gasteiger partial charge in [0.2, 0.25) is 0 Å². The molecule has 0 amide bonds. The van der Waals surface area contributed by atoms with Crippen molar-refractivity contribution in [3.8, 4) is 12.1 Å². The summed E-state index contributed by atoms with van der Waals surface area (Å²) in [6.45, 7) is -0.530. The summed E-state index contributed by atoms with van der Waals surface area (Å²) < 4.78 is 0. The van der Waals surface area contributed by atoms with E-state index in [2.05, 4.69) is 5.32 Å². The van der Waals surface area contributed by atoms with Crippen molar-refractivity contribution >= 4 is 17.3 Å². The summed E-state index contributed by atoms with van der Waals surface area (Å²) in [7, 11) is 0. The number of carbonyl (C=O) groups is 1. The van der Waals surface area contributed by atoms with Gasteiger partial charge in [-0.1, -0.05) is 0 Å². The molecule has 0 aromatic heterocycles. The van der Waals surface area contributed by atoms with Crippen LogP contribution < -0.4 is 5.32 Å². The first-order valence-electron chi connectivity index (χ1n) is 4.58. The molecule has 1 rings (SSSR count). The first-order chi connectivity index (χ1) is 8.49. The molecule has 0 unspecified atom stereocenters. The second-order valence-electron chi connectivity index (χ2n) is 3.14. The summed E-state index contributed by atoms with van der Waals surface area (Å²) in [6.07, 6.45) is 0. The molecule has 1 aromatic rings. The van der Waals surface area contributed by atoms with E-state index in [1.807, 2.05) is 0 Å². The van der Waals surface area contributed by atoms with Crippen molar-refractivity contribution in [2.75, 3.05) is 11.9 Å². The monoisotopic (exact) mass is 246 g/mol. The highest BCUT2D eigenvalue weighted by molar-refractivity contribution is 5.76. The van der Waals surface area contributed by atoms with Crippen LogP contribution >= 0.6 is 0 Å². The van der Waals surface area contributed by atoms with Crippen molar-refractivity contribution in [1.29, 1.82) is 10.5 Å². The molecular formula is C10H6N4O4. The van der Waals surface area contributed by atoms with Crippen LogP contribution in [0.5, 0.6) is 0 Å². The Hall–Kier alpha value is -3.13. The normalized spacial score (nSPS) is 9.00. The number of nitrogens with zero attached hydrogens (tertiary/aromatic N) is 3. The van der Waals surface area contributed by atoms with Crippen molar-refractivity contribution in [3.63, 3.8) is 0 Å². The molecule has 0 saturated heterocycles. The minimum Gasteiger partial charge on any atom is -0.480 e. The van der Waals surface area contributed by atoms with Gasteiger partial charge in [0, 0.05) is 6.07 Å². The van der Waals surface area contributed by atoms with E-state index in [1.54, 1.807) is 12.1 Å². The van der Waals surface area contributed by atoms with Crippen molar-refractivity contribution in [2.45, 2.75) is 0 Å². The third-order valence-electron chi connectivity index (χ3n) is 2.00. The van der Waals surface area contributed by atoms with Gasteiger partial charge in [0.05, 0.1) is 16.1 Å². The number of aliphatic carboxylic acids is 1. The van der Waals surface area contributed by atoms with Crippen LogP contribution in [0.2, 0.25) is 0 Å². The Labute approximate surface area is 101 Å². The zero-order chi connectivity index (χ0) is 13.7. The third-order valence-corrected chi connectivity index (χ3v) is 2.00. The molecule has 0 aliphatic rings. The number of hydrogen-bond acceptors (Lipinski definition) is 6. The molecule has 2 N–H and O–H groups in total. The Kier molecular flexibility index (Phi) is 3.79. The van der Waals surface area contributed by atoms with Gasteiger partial charge < -0.3 is 10.4 Å². The van der Waals surface area contributed by atoms with Crippen LogP contribution in [0.1, 0.15) is 11.1 Å². The lowest BCUT2D eigenvalue weighted by Crippen LogP contribution is -2.13. The lowest BCUT2D eigenvalue weighted by molar-refractivity contribution is -0.384. The maximum absolute atomic E-state index is 10.8. The highest BCUT2D eigenvalue weighted by atomic mass is 16.6. The van der Waals surface area contributed by atoms with Crippen LogP contribution in [0.25, 0.3) is 0 Å². The SMILES string of the molecule is N#Cc1cc(NCC(=O)O)c([N+](=O)[O-])cc1C#N. The maximum atomic E-state index is 10.8. The second kappa shape index (κ2) is 5.27. The van der Waals surface area contributed by atoms with Crippen LogP contribution in [-0.4, -0.2) is 22.5 Å². The number of anilines is 1. The zero-order valence-electron chi connectivity index (χ0n) is 8.88. The topological polar surface area (TPSA) is 140 Å². The summed E-state index contributed by atoms with van der Waals surface area (Å²) in [5.41, 5.74) is -0.759. The summed E-state index contributed by atoms with van der Waals surface area (Å²) >= 11 is 0. The summed E-state index contributed by atoms with van der Waals surface area (Å²) in [4.78, 5) is 20.4. The molecule has 0 bridgehead atoms. The zero-order valence-corrected chi connectivity index (χ0v) is 8.88. The summed E-state index contributed by atoms with van der Waals surface area (Å²) in [5, 5.41) is 39.1. The Morgan fingerprint density at radius 2 is 1.94 bits per heavy atom. The number of hydrogen-bond donors (Lipinski definition) is 2. The quantitative estimate of drug-likeness (QED) is 0.592. The Morgan fingerprint density at radius 3 is 2.39 bits per heavy atom. The van der Waals surface area contributed by atoms with Crippen LogP contribution in [0.4, 0.5) is 11.4 Å². The standard InChI is InChI=1S/C10H6N4O4/c11-3-6-1-8(13-5-10(15)16)9(14(17)18)2-7(6)4-12/h1-2,13H,5H2,(H,15,16). The van der Waals surface area contributed by atoms with E-state index in [0.29, 0.717) is 0 Å². The van der Waals surface area contributed by atoms with E-state index >= 15 is 0 Å². The summed E-state index contributed by atoms with van der Waals surface area (Å²) in [6, 6.07) is 5.39. The highest BCUT2D eigenvalue weighted by Gasteiger charge is 2.18. The van der Waals surface area contributed by atoms with E-state index in [4.69, 9.17) is 15.6 Å². The Morgan fingerprint density at radius 1 is 1.39 bits per heavy atom. The number of nitro groups is 1. The molecule has 0 atom stereocenters. The Balaban J connectivity index is 3.31. The molecule has 0 radical (unpaired) electrons. The van der Waals surface area contributed by atoms with Crippen LogP contribution in [0.3, 0.4) is 0 Å². The van der Waals surface area contributed by atoms with Gasteiger partial charge in [-0.3, -0.25) is 14.9 Å². The van der Waals surface area contributed by atoms with E-state index in [-0.39, 0.29) is 16.8 Å². The fourth-order valence-corrected chi connectivity index (χ4v) is 1.24. The molecule has 8 heteroatoms. The minimum absolute atomic E-state index is 0.0593. The number of rotatable bonds is 4. The van der Waals surface area contributed by atoms with Crippen molar-refractivity contribution in [2.24, 2.45) is 0 Å². The van der Waals surface area contributed by atoms with Crippen molar-refractivity contribution in [3.05, 3.63) is 33.4 Å². The van der Waals surface area contributed by atoms with Gasteiger partial charge in [0.25, 0.3) is 5.69 Å². The lowest BCUT2D eigenvalue weighted by atomic mass is 10.1. The fourth-order valence-electron chi connectivity index (χ4n) is 1.24. The van der Waals surface area contributed by atoms with Gasteiger partial charge in [0.15, 0.2) is 0 Å². The average molecular weight is 246 g/mol. The predicted molar refractivity (Wildman–Crippen MR) is 58.7 cm³/mol. The predicted octanol–water partition coefficient (Wildman–Crippen LogP) is 0.835. The van der Waals surface area contributed by atoms with E-state index in [1.165, 1.54) is 0 Å². The average Bonchev–Trinajstić information content (AvgIpc) is 2.34. The van der Waals surface area contributed by atoms with Gasteiger partial charge >= 0.3 is 5.97 Å². The molecule has 0 fully saturated rings. The first kappa shape index (κ1) is 12.9. The number of nitro benzene ring substituents is 1. The number of carboxylic acid groups (broad SMARTS) is 1. The first-order valence-corrected chi connectivity index (χ1v) is 4.58. The molecule has 0 saturated carbocycles. The maximum Gasteiger partial charge on any atom is 0.322 e. The minimum atomic E-state index is -1.20. The molecule has 8 nitrogen and oxygen atoms in total. The number of nitrogens with one attached hydrogen (secondary N) is 1. The molecule has 0 aliphatic carbocycles. The van der Waals surface area contributed by atoms with Gasteiger partial charge in [0.1, 0.15) is 24.4 Å². The molecule has 0 aliphatic heterocycles. The van der Waals surface area contributed by atoms with Gasteiger partial charge in [-0.15, -0.1) is 0 Å². The van der Waals surface area contributed by atoms with E-state index in [9.17, 15) is 14.9 Å². The van der Waals surface area contributed by atoms with Crippen LogP contribution in [-0.2, 0) is 4.79 Å². The fraction of sp³-hybridized carbons (Fsp3) is 0.100. The lowest BCUT2D eigenvalue weighted by Gasteiger charge is -2.05. The van der Waals surface area contributed by atoms with Gasteiger partial charge in [-0.05, 0) is 6.07 Å². The molecule has 1 aromatic carbocycles. The van der Waals surface area contributed by atoms with Crippen molar-refractivity contribution in [1.82, 2.24) is 0 Å². The number of carboxylic acids is 1. The second-order valence-corrected chi connectivity index (χ2v) is 3.14. The highest BCUT2D eigenvalue weighted by Crippen LogP contribution is 2.27. The third kappa shape index (κ3) is 2.71. The molecule has 90 valence electrons. The van der Waals surface area contributed by atoms with Gasteiger partial charge in [-0.2, -0.15) is 10.5 Å². The van der Waals surface area contributed by atoms with E-state index < -0.39 is 23.1 Å². The van der Waals surface area contributed by atoms with Crippen LogP contribution in [0, 0.1) is 32.8 Å². The number of benzene rings is 1. The van der Waals surface area contributed by atoms with Crippen LogP contribution in [0.15, 0.2) is 12.1 Å². The molecule has 18 heavy (non-hydrogen) atoms. The Bertz CT molecular complexity index is 597. The molecule has 0 spiro atoms.